The first kappa shape index (κ1) is 16.8. The quantitative estimate of drug-likeness (QED) is 0.922. The van der Waals surface area contributed by atoms with Gasteiger partial charge in [0.05, 0.1) is 9.75 Å². The molecule has 0 spiro atoms. The minimum absolute atomic E-state index is 0.0324. The SMILES string of the molecule is CCC(=O)N[C@H]1CCCN(C(=O)c2ccc(-c3ccc(C)o3)s2)C1. The van der Waals surface area contributed by atoms with Crippen LogP contribution in [0.25, 0.3) is 10.6 Å². The third-order valence-corrected chi connectivity index (χ3v) is 5.28. The lowest BCUT2D eigenvalue weighted by Gasteiger charge is -2.32. The number of hydrogen-bond acceptors (Lipinski definition) is 4. The number of piperidine rings is 1. The molecule has 1 fully saturated rings. The Morgan fingerprint density at radius 2 is 2.17 bits per heavy atom. The summed E-state index contributed by atoms with van der Waals surface area (Å²) in [6.45, 7) is 5.06. The molecule has 0 aromatic carbocycles. The maximum atomic E-state index is 12.7. The molecule has 24 heavy (non-hydrogen) atoms. The van der Waals surface area contributed by atoms with Crippen LogP contribution in [0.1, 0.15) is 41.6 Å². The van der Waals surface area contributed by atoms with E-state index in [2.05, 4.69) is 5.32 Å². The van der Waals surface area contributed by atoms with Gasteiger partial charge in [-0.2, -0.15) is 0 Å². The van der Waals surface area contributed by atoms with E-state index in [4.69, 9.17) is 4.42 Å². The summed E-state index contributed by atoms with van der Waals surface area (Å²) in [7, 11) is 0. The van der Waals surface area contributed by atoms with Crippen molar-refractivity contribution in [2.24, 2.45) is 0 Å². The highest BCUT2D eigenvalue weighted by molar-refractivity contribution is 7.17. The Balaban J connectivity index is 1.67. The van der Waals surface area contributed by atoms with Crippen molar-refractivity contribution >= 4 is 23.2 Å². The van der Waals surface area contributed by atoms with Crippen molar-refractivity contribution < 1.29 is 14.0 Å². The summed E-state index contributed by atoms with van der Waals surface area (Å²) in [5.74, 6) is 1.73. The smallest absolute Gasteiger partial charge is 0.264 e. The van der Waals surface area contributed by atoms with Crippen LogP contribution >= 0.6 is 11.3 Å². The third-order valence-electron chi connectivity index (χ3n) is 4.19. The number of hydrogen-bond donors (Lipinski definition) is 1. The molecule has 0 bridgehead atoms. The summed E-state index contributed by atoms with van der Waals surface area (Å²) >= 11 is 1.45. The molecule has 1 atom stereocenters. The Bertz CT molecular complexity index is 734. The number of nitrogens with zero attached hydrogens (tertiary/aromatic N) is 1. The molecule has 5 nitrogen and oxygen atoms in total. The molecule has 3 heterocycles. The maximum absolute atomic E-state index is 12.7. The molecule has 1 aliphatic heterocycles. The molecular formula is C18H22N2O3S. The summed E-state index contributed by atoms with van der Waals surface area (Å²) in [6.07, 6.45) is 2.31. The molecule has 0 radical (unpaired) electrons. The van der Waals surface area contributed by atoms with E-state index in [0.717, 1.165) is 35.8 Å². The van der Waals surface area contributed by atoms with Crippen molar-refractivity contribution in [3.8, 4) is 10.6 Å². The van der Waals surface area contributed by atoms with Crippen molar-refractivity contribution in [2.75, 3.05) is 13.1 Å². The van der Waals surface area contributed by atoms with Gasteiger partial charge in [-0.05, 0) is 44.0 Å². The molecule has 2 aromatic rings. The summed E-state index contributed by atoms with van der Waals surface area (Å²) in [4.78, 5) is 27.8. The van der Waals surface area contributed by atoms with Gasteiger partial charge < -0.3 is 14.6 Å². The number of nitrogens with one attached hydrogen (secondary N) is 1. The van der Waals surface area contributed by atoms with E-state index in [9.17, 15) is 9.59 Å². The number of aryl methyl sites for hydroxylation is 1. The molecule has 0 unspecified atom stereocenters. The number of likely N-dealkylation sites (tertiary alicyclic amines) is 1. The van der Waals surface area contributed by atoms with Gasteiger partial charge in [0, 0.05) is 25.6 Å². The van der Waals surface area contributed by atoms with Crippen LogP contribution in [0.5, 0.6) is 0 Å². The molecule has 2 amide bonds. The summed E-state index contributed by atoms with van der Waals surface area (Å²) in [6, 6.07) is 7.68. The first-order valence-electron chi connectivity index (χ1n) is 8.32. The predicted octanol–water partition coefficient (Wildman–Crippen LogP) is 3.45. The minimum atomic E-state index is 0.0324. The Hall–Kier alpha value is -2.08. The van der Waals surface area contributed by atoms with E-state index in [-0.39, 0.29) is 17.9 Å². The number of thiophene rings is 1. The van der Waals surface area contributed by atoms with Gasteiger partial charge in [0.2, 0.25) is 5.91 Å². The lowest BCUT2D eigenvalue weighted by molar-refractivity contribution is -0.121. The number of carbonyl (C=O) groups is 2. The van der Waals surface area contributed by atoms with E-state index in [1.807, 2.05) is 43.0 Å². The summed E-state index contributed by atoms with van der Waals surface area (Å²) in [5.41, 5.74) is 0. The van der Waals surface area contributed by atoms with Crippen LogP contribution in [0.15, 0.2) is 28.7 Å². The number of amides is 2. The fourth-order valence-electron chi connectivity index (χ4n) is 2.92. The Labute approximate surface area is 145 Å². The van der Waals surface area contributed by atoms with Crippen LogP contribution in [0.4, 0.5) is 0 Å². The van der Waals surface area contributed by atoms with Gasteiger partial charge in [-0.1, -0.05) is 6.92 Å². The zero-order valence-electron chi connectivity index (χ0n) is 14.0. The molecule has 1 N–H and O–H groups in total. The van der Waals surface area contributed by atoms with Gasteiger partial charge in [-0.25, -0.2) is 0 Å². The standard InChI is InChI=1S/C18H22N2O3S/c1-3-17(21)19-13-5-4-10-20(11-13)18(22)16-9-8-15(24-16)14-7-6-12(2)23-14/h6-9,13H,3-5,10-11H2,1-2H3,(H,19,21)/t13-/m0/s1. The molecule has 1 saturated heterocycles. The monoisotopic (exact) mass is 346 g/mol. The first-order valence-corrected chi connectivity index (χ1v) is 9.13. The van der Waals surface area contributed by atoms with E-state index in [1.165, 1.54) is 11.3 Å². The number of rotatable bonds is 4. The molecule has 0 saturated carbocycles. The molecule has 3 rings (SSSR count). The Morgan fingerprint density at radius 1 is 1.33 bits per heavy atom. The zero-order valence-corrected chi connectivity index (χ0v) is 14.8. The largest absolute Gasteiger partial charge is 0.461 e. The second-order valence-electron chi connectivity index (χ2n) is 6.09. The summed E-state index contributed by atoms with van der Waals surface area (Å²) in [5, 5.41) is 2.99. The van der Waals surface area contributed by atoms with Crippen LogP contribution in [-0.2, 0) is 4.79 Å². The van der Waals surface area contributed by atoms with Gasteiger partial charge >= 0.3 is 0 Å². The first-order chi connectivity index (χ1) is 11.6. The topological polar surface area (TPSA) is 62.6 Å². The van der Waals surface area contributed by atoms with Gasteiger partial charge in [-0.15, -0.1) is 11.3 Å². The van der Waals surface area contributed by atoms with Crippen LogP contribution < -0.4 is 5.32 Å². The molecular weight excluding hydrogens is 324 g/mol. The van der Waals surface area contributed by atoms with E-state index < -0.39 is 0 Å². The molecule has 6 heteroatoms. The van der Waals surface area contributed by atoms with Crippen LogP contribution in [0.3, 0.4) is 0 Å². The Kier molecular flexibility index (Phi) is 5.04. The average molecular weight is 346 g/mol. The average Bonchev–Trinajstić information content (AvgIpc) is 3.23. The normalized spacial score (nSPS) is 17.8. The molecule has 2 aromatic heterocycles. The van der Waals surface area contributed by atoms with Crippen LogP contribution in [0.2, 0.25) is 0 Å². The predicted molar refractivity (Wildman–Crippen MR) is 94.1 cm³/mol. The fraction of sp³-hybridized carbons (Fsp3) is 0.444. The third kappa shape index (κ3) is 3.70. The van der Waals surface area contributed by atoms with Crippen LogP contribution in [0, 0.1) is 6.92 Å². The highest BCUT2D eigenvalue weighted by Crippen LogP contribution is 2.30. The molecule has 1 aliphatic rings. The fourth-order valence-corrected chi connectivity index (χ4v) is 3.85. The van der Waals surface area contributed by atoms with Crippen molar-refractivity contribution in [3.63, 3.8) is 0 Å². The second kappa shape index (κ2) is 7.21. The van der Waals surface area contributed by atoms with E-state index >= 15 is 0 Å². The van der Waals surface area contributed by atoms with Crippen molar-refractivity contribution in [1.29, 1.82) is 0 Å². The number of furan rings is 1. The zero-order chi connectivity index (χ0) is 17.1. The summed E-state index contributed by atoms with van der Waals surface area (Å²) < 4.78 is 5.62. The molecule has 128 valence electrons. The highest BCUT2D eigenvalue weighted by Gasteiger charge is 2.26. The van der Waals surface area contributed by atoms with E-state index in [1.54, 1.807) is 0 Å². The Morgan fingerprint density at radius 3 is 2.88 bits per heavy atom. The van der Waals surface area contributed by atoms with Crippen molar-refractivity contribution in [1.82, 2.24) is 10.2 Å². The lowest BCUT2D eigenvalue weighted by atomic mass is 10.1. The van der Waals surface area contributed by atoms with Gasteiger partial charge in [0.25, 0.3) is 5.91 Å². The van der Waals surface area contributed by atoms with E-state index in [0.29, 0.717) is 17.8 Å². The minimum Gasteiger partial charge on any atom is -0.461 e. The number of carbonyl (C=O) groups excluding carboxylic acids is 2. The highest BCUT2D eigenvalue weighted by atomic mass is 32.1. The van der Waals surface area contributed by atoms with Crippen LogP contribution in [-0.4, -0.2) is 35.8 Å². The van der Waals surface area contributed by atoms with Crippen molar-refractivity contribution in [2.45, 2.75) is 39.2 Å². The van der Waals surface area contributed by atoms with Gasteiger partial charge in [0.1, 0.15) is 11.5 Å². The van der Waals surface area contributed by atoms with Gasteiger partial charge in [-0.3, -0.25) is 9.59 Å². The van der Waals surface area contributed by atoms with Gasteiger partial charge in [0.15, 0.2) is 0 Å². The second-order valence-corrected chi connectivity index (χ2v) is 7.17. The molecule has 0 aliphatic carbocycles. The lowest BCUT2D eigenvalue weighted by Crippen LogP contribution is -2.49. The van der Waals surface area contributed by atoms with Crippen molar-refractivity contribution in [3.05, 3.63) is 34.9 Å². The maximum Gasteiger partial charge on any atom is 0.264 e.